The van der Waals surface area contributed by atoms with Crippen molar-refractivity contribution in [3.63, 3.8) is 0 Å². The summed E-state index contributed by atoms with van der Waals surface area (Å²) in [6.07, 6.45) is 1.56. The van der Waals surface area contributed by atoms with Gasteiger partial charge in [0.05, 0.1) is 11.3 Å². The van der Waals surface area contributed by atoms with Crippen molar-refractivity contribution in [3.8, 4) is 11.5 Å². The molecule has 0 radical (unpaired) electrons. The number of aromatic nitrogens is 1. The van der Waals surface area contributed by atoms with Gasteiger partial charge in [-0.3, -0.25) is 0 Å². The number of halogens is 1. The molecule has 0 bridgehead atoms. The van der Waals surface area contributed by atoms with Crippen LogP contribution in [0.2, 0.25) is 0 Å². The lowest BCUT2D eigenvalue weighted by Crippen LogP contribution is -2.21. The second kappa shape index (κ2) is 5.31. The predicted molar refractivity (Wildman–Crippen MR) is 68.6 cm³/mol. The minimum atomic E-state index is -0.275. The van der Waals surface area contributed by atoms with E-state index in [-0.39, 0.29) is 5.82 Å². The van der Waals surface area contributed by atoms with Crippen molar-refractivity contribution in [2.24, 2.45) is 0 Å². The molecule has 0 amide bonds. The molecule has 0 aliphatic heterocycles. The zero-order valence-corrected chi connectivity index (χ0v) is 10.8. The van der Waals surface area contributed by atoms with E-state index in [0.717, 1.165) is 5.69 Å². The summed E-state index contributed by atoms with van der Waals surface area (Å²) in [5.74, 6) is 0.0551. The maximum Gasteiger partial charge on any atom is 0.229 e. The molecular formula is C14H17FN2O. The van der Waals surface area contributed by atoms with Gasteiger partial charge in [-0.15, -0.1) is 0 Å². The molecular weight excluding hydrogens is 231 g/mol. The number of nitrogens with zero attached hydrogens (tertiary/aromatic N) is 1. The SMILES string of the molecule is Cc1cccc(-c2nc(CNC(C)C)co2)c1F. The molecule has 0 aliphatic carbocycles. The molecule has 0 spiro atoms. The second-order valence-electron chi connectivity index (χ2n) is 4.62. The van der Waals surface area contributed by atoms with Crippen molar-refractivity contribution in [3.05, 3.63) is 41.5 Å². The number of aryl methyl sites for hydroxylation is 1. The van der Waals surface area contributed by atoms with Crippen molar-refractivity contribution >= 4 is 0 Å². The largest absolute Gasteiger partial charge is 0.444 e. The van der Waals surface area contributed by atoms with Crippen LogP contribution < -0.4 is 5.32 Å². The summed E-state index contributed by atoms with van der Waals surface area (Å²) in [6, 6.07) is 5.57. The van der Waals surface area contributed by atoms with Gasteiger partial charge in [-0.2, -0.15) is 0 Å². The van der Waals surface area contributed by atoms with Crippen LogP contribution in [-0.4, -0.2) is 11.0 Å². The summed E-state index contributed by atoms with van der Waals surface area (Å²) in [6.45, 7) is 6.46. The van der Waals surface area contributed by atoms with Gasteiger partial charge in [-0.1, -0.05) is 26.0 Å². The molecule has 0 unspecified atom stereocenters. The van der Waals surface area contributed by atoms with Gasteiger partial charge in [0.15, 0.2) is 0 Å². The summed E-state index contributed by atoms with van der Waals surface area (Å²) in [7, 11) is 0. The number of hydrogen-bond donors (Lipinski definition) is 1. The molecule has 0 atom stereocenters. The fourth-order valence-electron chi connectivity index (χ4n) is 1.63. The zero-order valence-electron chi connectivity index (χ0n) is 10.8. The van der Waals surface area contributed by atoms with E-state index in [1.807, 2.05) is 0 Å². The van der Waals surface area contributed by atoms with Gasteiger partial charge >= 0.3 is 0 Å². The van der Waals surface area contributed by atoms with Crippen molar-refractivity contribution in [2.45, 2.75) is 33.4 Å². The number of nitrogens with one attached hydrogen (secondary N) is 1. The second-order valence-corrected chi connectivity index (χ2v) is 4.62. The van der Waals surface area contributed by atoms with Crippen LogP contribution in [0.25, 0.3) is 11.5 Å². The quantitative estimate of drug-likeness (QED) is 0.902. The van der Waals surface area contributed by atoms with Crippen LogP contribution in [0.5, 0.6) is 0 Å². The smallest absolute Gasteiger partial charge is 0.229 e. The Bertz CT molecular complexity index is 534. The molecule has 0 saturated carbocycles. The van der Waals surface area contributed by atoms with Gasteiger partial charge in [0.25, 0.3) is 0 Å². The molecule has 0 saturated heterocycles. The fraction of sp³-hybridized carbons (Fsp3) is 0.357. The standard InChI is InChI=1S/C14H17FN2O/c1-9(2)16-7-11-8-18-14(17-11)12-6-4-5-10(3)13(12)15/h4-6,8-9,16H,7H2,1-3H3. The average molecular weight is 248 g/mol. The summed E-state index contributed by atoms with van der Waals surface area (Å²) in [4.78, 5) is 4.29. The van der Waals surface area contributed by atoms with Crippen LogP contribution in [0.3, 0.4) is 0 Å². The molecule has 0 fully saturated rings. The van der Waals surface area contributed by atoms with Crippen LogP contribution in [0.15, 0.2) is 28.9 Å². The van der Waals surface area contributed by atoms with E-state index in [4.69, 9.17) is 4.42 Å². The zero-order chi connectivity index (χ0) is 13.1. The van der Waals surface area contributed by atoms with E-state index in [1.54, 1.807) is 31.4 Å². The molecule has 1 heterocycles. The first-order valence-corrected chi connectivity index (χ1v) is 6.01. The Kier molecular flexibility index (Phi) is 3.77. The Balaban J connectivity index is 2.21. The maximum atomic E-state index is 13.9. The van der Waals surface area contributed by atoms with Gasteiger partial charge < -0.3 is 9.73 Å². The Morgan fingerprint density at radius 2 is 2.17 bits per heavy atom. The number of oxazole rings is 1. The Labute approximate surface area is 106 Å². The maximum absolute atomic E-state index is 13.9. The molecule has 2 aromatic rings. The molecule has 0 aliphatic rings. The Morgan fingerprint density at radius 1 is 1.39 bits per heavy atom. The van der Waals surface area contributed by atoms with E-state index in [1.165, 1.54) is 0 Å². The van der Waals surface area contributed by atoms with E-state index >= 15 is 0 Å². The Hall–Kier alpha value is -1.68. The van der Waals surface area contributed by atoms with Crippen LogP contribution in [0.1, 0.15) is 25.1 Å². The molecule has 2 rings (SSSR count). The minimum Gasteiger partial charge on any atom is -0.444 e. The van der Waals surface area contributed by atoms with Crippen molar-refractivity contribution in [1.29, 1.82) is 0 Å². The third-order valence-electron chi connectivity index (χ3n) is 2.67. The van der Waals surface area contributed by atoms with Gasteiger partial charge in [0.1, 0.15) is 12.1 Å². The highest BCUT2D eigenvalue weighted by Gasteiger charge is 2.12. The summed E-state index contributed by atoms with van der Waals surface area (Å²) < 4.78 is 19.2. The van der Waals surface area contributed by atoms with E-state index in [2.05, 4.69) is 24.1 Å². The topological polar surface area (TPSA) is 38.1 Å². The molecule has 1 aromatic heterocycles. The highest BCUT2D eigenvalue weighted by molar-refractivity contribution is 5.55. The lowest BCUT2D eigenvalue weighted by molar-refractivity contribution is 0.552. The lowest BCUT2D eigenvalue weighted by atomic mass is 10.1. The monoisotopic (exact) mass is 248 g/mol. The normalized spacial score (nSPS) is 11.2. The van der Waals surface area contributed by atoms with Crippen molar-refractivity contribution < 1.29 is 8.81 Å². The third kappa shape index (κ3) is 2.76. The highest BCUT2D eigenvalue weighted by atomic mass is 19.1. The Morgan fingerprint density at radius 3 is 2.89 bits per heavy atom. The first-order chi connectivity index (χ1) is 8.58. The highest BCUT2D eigenvalue weighted by Crippen LogP contribution is 2.23. The summed E-state index contributed by atoms with van der Waals surface area (Å²) >= 11 is 0. The molecule has 4 heteroatoms. The van der Waals surface area contributed by atoms with Crippen LogP contribution in [-0.2, 0) is 6.54 Å². The van der Waals surface area contributed by atoms with Crippen LogP contribution in [0, 0.1) is 12.7 Å². The fourth-order valence-corrected chi connectivity index (χ4v) is 1.63. The predicted octanol–water partition coefficient (Wildman–Crippen LogP) is 3.29. The van der Waals surface area contributed by atoms with Gasteiger partial charge in [0.2, 0.25) is 5.89 Å². The van der Waals surface area contributed by atoms with Gasteiger partial charge in [-0.25, -0.2) is 9.37 Å². The number of benzene rings is 1. The third-order valence-corrected chi connectivity index (χ3v) is 2.67. The van der Waals surface area contributed by atoms with Crippen molar-refractivity contribution in [2.75, 3.05) is 0 Å². The van der Waals surface area contributed by atoms with Crippen molar-refractivity contribution in [1.82, 2.24) is 10.3 Å². The first kappa shape index (κ1) is 12.8. The molecule has 1 aromatic carbocycles. The van der Waals surface area contributed by atoms with Crippen LogP contribution >= 0.6 is 0 Å². The molecule has 1 N–H and O–H groups in total. The van der Waals surface area contributed by atoms with Crippen LogP contribution in [0.4, 0.5) is 4.39 Å². The van der Waals surface area contributed by atoms with E-state index in [9.17, 15) is 4.39 Å². The van der Waals surface area contributed by atoms with Gasteiger partial charge in [0, 0.05) is 12.6 Å². The van der Waals surface area contributed by atoms with Gasteiger partial charge in [-0.05, 0) is 18.6 Å². The lowest BCUT2D eigenvalue weighted by Gasteiger charge is -2.04. The minimum absolute atomic E-state index is 0.275. The summed E-state index contributed by atoms with van der Waals surface area (Å²) in [5.41, 5.74) is 1.78. The van der Waals surface area contributed by atoms with E-state index in [0.29, 0.717) is 29.6 Å². The molecule has 3 nitrogen and oxygen atoms in total. The average Bonchev–Trinajstić information content (AvgIpc) is 2.78. The van der Waals surface area contributed by atoms with E-state index < -0.39 is 0 Å². The number of hydrogen-bond acceptors (Lipinski definition) is 3. The molecule has 18 heavy (non-hydrogen) atoms. The molecule has 96 valence electrons. The first-order valence-electron chi connectivity index (χ1n) is 6.01. The number of rotatable bonds is 4. The summed E-state index contributed by atoms with van der Waals surface area (Å²) in [5, 5.41) is 3.24.